The lowest BCUT2D eigenvalue weighted by atomic mass is 9.94. The van der Waals surface area contributed by atoms with E-state index in [4.69, 9.17) is 0 Å². The van der Waals surface area contributed by atoms with Crippen molar-refractivity contribution < 1.29 is 4.79 Å². The molecule has 1 saturated heterocycles. The van der Waals surface area contributed by atoms with E-state index in [2.05, 4.69) is 22.1 Å². The number of carbonyl (C=O) groups excluding carboxylic acids is 1. The number of nitrogens with one attached hydrogen (secondary N) is 1. The van der Waals surface area contributed by atoms with Crippen LogP contribution in [0.2, 0.25) is 0 Å². The SMILES string of the molecule is CCC1CCN(C(=O)c2ncn[nH]2)CC1. The number of aromatic nitrogens is 3. The molecule has 2 rings (SSSR count). The van der Waals surface area contributed by atoms with Crippen molar-refractivity contribution in [2.45, 2.75) is 26.2 Å². The molecule has 0 unspecified atom stereocenters. The number of hydrogen-bond donors (Lipinski definition) is 1. The predicted octanol–water partition coefficient (Wildman–Crippen LogP) is 1.07. The van der Waals surface area contributed by atoms with E-state index in [1.807, 2.05) is 4.90 Å². The highest BCUT2D eigenvalue weighted by molar-refractivity contribution is 5.90. The Morgan fingerprint density at radius 2 is 2.33 bits per heavy atom. The van der Waals surface area contributed by atoms with Gasteiger partial charge in [0.25, 0.3) is 5.91 Å². The van der Waals surface area contributed by atoms with E-state index in [0.29, 0.717) is 5.82 Å². The Balaban J connectivity index is 1.93. The molecule has 5 nitrogen and oxygen atoms in total. The summed E-state index contributed by atoms with van der Waals surface area (Å²) >= 11 is 0. The fourth-order valence-corrected chi connectivity index (χ4v) is 2.00. The standard InChI is InChI=1S/C10H16N4O/c1-2-8-3-5-14(6-4-8)10(15)9-11-7-12-13-9/h7-8H,2-6H2,1H3,(H,11,12,13). The Bertz CT molecular complexity index is 314. The number of hydrogen-bond acceptors (Lipinski definition) is 3. The lowest BCUT2D eigenvalue weighted by Gasteiger charge is -2.30. The Morgan fingerprint density at radius 3 is 2.87 bits per heavy atom. The van der Waals surface area contributed by atoms with Crippen LogP contribution in [0.5, 0.6) is 0 Å². The van der Waals surface area contributed by atoms with Gasteiger partial charge < -0.3 is 4.90 Å². The van der Waals surface area contributed by atoms with Crippen LogP contribution in [0, 0.1) is 5.92 Å². The third-order valence-corrected chi connectivity index (χ3v) is 3.10. The number of piperidine rings is 1. The summed E-state index contributed by atoms with van der Waals surface area (Å²) in [5, 5.41) is 6.29. The summed E-state index contributed by atoms with van der Waals surface area (Å²) in [4.78, 5) is 17.6. The number of rotatable bonds is 2. The molecule has 0 spiro atoms. The molecule has 1 fully saturated rings. The summed E-state index contributed by atoms with van der Waals surface area (Å²) in [5.41, 5.74) is 0. The molecule has 0 aliphatic carbocycles. The minimum absolute atomic E-state index is 0.0259. The third kappa shape index (κ3) is 2.16. The quantitative estimate of drug-likeness (QED) is 0.790. The number of H-pyrrole nitrogens is 1. The van der Waals surface area contributed by atoms with Crippen LogP contribution < -0.4 is 0 Å². The van der Waals surface area contributed by atoms with E-state index in [9.17, 15) is 4.79 Å². The molecular formula is C10H16N4O. The normalized spacial score (nSPS) is 18.1. The van der Waals surface area contributed by atoms with E-state index in [1.165, 1.54) is 12.7 Å². The summed E-state index contributed by atoms with van der Waals surface area (Å²) in [5.74, 6) is 1.11. The predicted molar refractivity (Wildman–Crippen MR) is 55.3 cm³/mol. The molecule has 1 aliphatic rings. The molecule has 0 atom stereocenters. The van der Waals surface area contributed by atoms with Gasteiger partial charge >= 0.3 is 0 Å². The first-order chi connectivity index (χ1) is 7.31. The molecule has 2 heterocycles. The van der Waals surface area contributed by atoms with Crippen LogP contribution in [0.4, 0.5) is 0 Å². The van der Waals surface area contributed by atoms with Crippen LogP contribution in [0.1, 0.15) is 36.8 Å². The largest absolute Gasteiger partial charge is 0.336 e. The van der Waals surface area contributed by atoms with Gasteiger partial charge in [0.15, 0.2) is 0 Å². The van der Waals surface area contributed by atoms with Crippen molar-refractivity contribution in [2.24, 2.45) is 5.92 Å². The van der Waals surface area contributed by atoms with Crippen LogP contribution in [-0.4, -0.2) is 39.1 Å². The molecule has 5 heteroatoms. The Morgan fingerprint density at radius 1 is 1.60 bits per heavy atom. The highest BCUT2D eigenvalue weighted by atomic mass is 16.2. The Labute approximate surface area is 88.9 Å². The smallest absolute Gasteiger partial charge is 0.291 e. The van der Waals surface area contributed by atoms with Gasteiger partial charge in [-0.05, 0) is 18.8 Å². The van der Waals surface area contributed by atoms with Gasteiger partial charge in [-0.25, -0.2) is 4.98 Å². The molecule has 82 valence electrons. The lowest BCUT2D eigenvalue weighted by molar-refractivity contribution is 0.0677. The van der Waals surface area contributed by atoms with Gasteiger partial charge in [0.1, 0.15) is 6.33 Å². The topological polar surface area (TPSA) is 61.9 Å². The minimum atomic E-state index is -0.0259. The minimum Gasteiger partial charge on any atom is -0.336 e. The Hall–Kier alpha value is -1.39. The highest BCUT2D eigenvalue weighted by Gasteiger charge is 2.23. The van der Waals surface area contributed by atoms with Crippen molar-refractivity contribution in [3.05, 3.63) is 12.2 Å². The number of nitrogens with zero attached hydrogens (tertiary/aromatic N) is 3. The zero-order valence-electron chi connectivity index (χ0n) is 8.94. The maximum Gasteiger partial charge on any atom is 0.291 e. The molecule has 15 heavy (non-hydrogen) atoms. The second-order valence-corrected chi connectivity index (χ2v) is 3.98. The van der Waals surface area contributed by atoms with Crippen LogP contribution >= 0.6 is 0 Å². The first kappa shape index (κ1) is 10.1. The average molecular weight is 208 g/mol. The number of likely N-dealkylation sites (tertiary alicyclic amines) is 1. The van der Waals surface area contributed by atoms with Crippen LogP contribution in [0.25, 0.3) is 0 Å². The van der Waals surface area contributed by atoms with Crippen molar-refractivity contribution in [3.63, 3.8) is 0 Å². The summed E-state index contributed by atoms with van der Waals surface area (Å²) in [6, 6.07) is 0. The molecule has 0 radical (unpaired) electrons. The summed E-state index contributed by atoms with van der Waals surface area (Å²) in [7, 11) is 0. The zero-order chi connectivity index (χ0) is 10.7. The van der Waals surface area contributed by atoms with Gasteiger partial charge in [-0.1, -0.05) is 13.3 Å². The second kappa shape index (κ2) is 4.42. The maximum atomic E-state index is 11.8. The molecule has 0 saturated carbocycles. The fourth-order valence-electron chi connectivity index (χ4n) is 2.00. The van der Waals surface area contributed by atoms with E-state index < -0.39 is 0 Å². The molecule has 0 bridgehead atoms. The fraction of sp³-hybridized carbons (Fsp3) is 0.700. The third-order valence-electron chi connectivity index (χ3n) is 3.10. The summed E-state index contributed by atoms with van der Waals surface area (Å²) in [6.07, 6.45) is 4.79. The molecular weight excluding hydrogens is 192 g/mol. The lowest BCUT2D eigenvalue weighted by Crippen LogP contribution is -2.38. The second-order valence-electron chi connectivity index (χ2n) is 3.98. The van der Waals surface area contributed by atoms with Gasteiger partial charge in [-0.2, -0.15) is 5.10 Å². The Kier molecular flexibility index (Phi) is 2.99. The van der Waals surface area contributed by atoms with Crippen molar-refractivity contribution in [1.82, 2.24) is 20.1 Å². The zero-order valence-corrected chi connectivity index (χ0v) is 8.94. The van der Waals surface area contributed by atoms with Gasteiger partial charge in [-0.15, -0.1) is 0 Å². The molecule has 1 aromatic heterocycles. The first-order valence-corrected chi connectivity index (χ1v) is 5.46. The molecule has 1 amide bonds. The van der Waals surface area contributed by atoms with Gasteiger partial charge in [0, 0.05) is 13.1 Å². The number of amides is 1. The van der Waals surface area contributed by atoms with Crippen molar-refractivity contribution in [2.75, 3.05) is 13.1 Å². The van der Waals surface area contributed by atoms with Crippen molar-refractivity contribution >= 4 is 5.91 Å². The number of aromatic amines is 1. The highest BCUT2D eigenvalue weighted by Crippen LogP contribution is 2.20. The summed E-state index contributed by atoms with van der Waals surface area (Å²) in [6.45, 7) is 3.90. The van der Waals surface area contributed by atoms with Crippen molar-refractivity contribution in [1.29, 1.82) is 0 Å². The summed E-state index contributed by atoms with van der Waals surface area (Å²) < 4.78 is 0. The monoisotopic (exact) mass is 208 g/mol. The first-order valence-electron chi connectivity index (χ1n) is 5.46. The van der Waals surface area contributed by atoms with Gasteiger partial charge in [0.05, 0.1) is 0 Å². The van der Waals surface area contributed by atoms with Gasteiger partial charge in [0.2, 0.25) is 5.82 Å². The molecule has 1 N–H and O–H groups in total. The van der Waals surface area contributed by atoms with Crippen LogP contribution in [-0.2, 0) is 0 Å². The van der Waals surface area contributed by atoms with Crippen molar-refractivity contribution in [3.8, 4) is 0 Å². The van der Waals surface area contributed by atoms with Crippen LogP contribution in [0.3, 0.4) is 0 Å². The molecule has 1 aliphatic heterocycles. The number of carbonyl (C=O) groups is 1. The van der Waals surface area contributed by atoms with Crippen LogP contribution in [0.15, 0.2) is 6.33 Å². The molecule has 1 aromatic rings. The average Bonchev–Trinajstić information content (AvgIpc) is 2.82. The van der Waals surface area contributed by atoms with E-state index in [0.717, 1.165) is 31.8 Å². The maximum absolute atomic E-state index is 11.8. The van der Waals surface area contributed by atoms with E-state index in [-0.39, 0.29) is 5.91 Å². The van der Waals surface area contributed by atoms with E-state index >= 15 is 0 Å². The van der Waals surface area contributed by atoms with E-state index in [1.54, 1.807) is 0 Å². The van der Waals surface area contributed by atoms with Gasteiger partial charge in [-0.3, -0.25) is 9.89 Å². The molecule has 0 aromatic carbocycles.